The Hall–Kier alpha value is -2.34. The highest BCUT2D eigenvalue weighted by molar-refractivity contribution is 7.99. The zero-order valence-electron chi connectivity index (χ0n) is 14.8. The van der Waals surface area contributed by atoms with E-state index in [9.17, 15) is 14.0 Å². The second-order valence-corrected chi connectivity index (χ2v) is 7.00. The third-order valence-corrected chi connectivity index (χ3v) is 4.85. The van der Waals surface area contributed by atoms with Crippen molar-refractivity contribution < 1.29 is 14.0 Å². The fourth-order valence-corrected chi connectivity index (χ4v) is 3.17. The maximum atomic E-state index is 12.8. The number of aryl methyl sites for hydroxylation is 1. The molecule has 0 spiro atoms. The van der Waals surface area contributed by atoms with Gasteiger partial charge in [0.05, 0.1) is 0 Å². The van der Waals surface area contributed by atoms with Crippen LogP contribution >= 0.6 is 11.8 Å². The minimum atomic E-state index is -0.240. The van der Waals surface area contributed by atoms with Gasteiger partial charge in [0.25, 0.3) is 5.91 Å². The molecule has 0 fully saturated rings. The number of rotatable bonds is 9. The Morgan fingerprint density at radius 1 is 1.00 bits per heavy atom. The van der Waals surface area contributed by atoms with E-state index < -0.39 is 0 Å². The first kappa shape index (κ1) is 20.0. The third kappa shape index (κ3) is 6.88. The summed E-state index contributed by atoms with van der Waals surface area (Å²) < 4.78 is 12.8. The summed E-state index contributed by atoms with van der Waals surface area (Å²) in [5.74, 6) is 0.361. The Morgan fingerprint density at radius 3 is 2.46 bits per heavy atom. The molecule has 2 aromatic carbocycles. The number of benzene rings is 2. The number of hydrogen-bond donors (Lipinski definition) is 2. The molecule has 0 bridgehead atoms. The van der Waals surface area contributed by atoms with Gasteiger partial charge in [-0.1, -0.05) is 18.2 Å². The maximum absolute atomic E-state index is 12.8. The first-order chi connectivity index (χ1) is 12.6. The van der Waals surface area contributed by atoms with Crippen molar-refractivity contribution in [2.75, 3.05) is 18.8 Å². The number of hydrogen-bond acceptors (Lipinski definition) is 3. The third-order valence-electron chi connectivity index (χ3n) is 3.75. The molecule has 0 atom stereocenters. The minimum Gasteiger partial charge on any atom is -0.356 e. The fraction of sp³-hybridized carbons (Fsp3) is 0.300. The predicted molar refractivity (Wildman–Crippen MR) is 103 cm³/mol. The fourth-order valence-electron chi connectivity index (χ4n) is 2.32. The van der Waals surface area contributed by atoms with E-state index >= 15 is 0 Å². The summed E-state index contributed by atoms with van der Waals surface area (Å²) in [6.07, 6.45) is 1.08. The molecule has 0 radical (unpaired) electrons. The van der Waals surface area contributed by atoms with Crippen LogP contribution in [0.5, 0.6) is 0 Å². The van der Waals surface area contributed by atoms with Crippen molar-refractivity contribution in [1.82, 2.24) is 10.6 Å². The molecular weight excluding hydrogens is 351 g/mol. The van der Waals surface area contributed by atoms with Crippen LogP contribution in [0.25, 0.3) is 0 Å². The van der Waals surface area contributed by atoms with Crippen molar-refractivity contribution in [2.45, 2.75) is 24.7 Å². The van der Waals surface area contributed by atoms with E-state index in [2.05, 4.69) is 10.6 Å². The van der Waals surface area contributed by atoms with E-state index in [1.807, 2.05) is 25.1 Å². The number of carbonyl (C=O) groups excluding carboxylic acids is 2. The number of amides is 2. The largest absolute Gasteiger partial charge is 0.356 e. The summed E-state index contributed by atoms with van der Waals surface area (Å²) >= 11 is 1.63. The average molecular weight is 374 g/mol. The summed E-state index contributed by atoms with van der Waals surface area (Å²) in [5.41, 5.74) is 1.54. The molecule has 0 aliphatic carbocycles. The number of halogens is 1. The molecule has 0 aliphatic heterocycles. The van der Waals surface area contributed by atoms with Crippen LogP contribution in [0, 0.1) is 12.7 Å². The molecule has 138 valence electrons. The molecule has 4 nitrogen and oxygen atoms in total. The van der Waals surface area contributed by atoms with Crippen LogP contribution in [0.15, 0.2) is 53.4 Å². The van der Waals surface area contributed by atoms with Gasteiger partial charge < -0.3 is 10.6 Å². The number of thioether (sulfide) groups is 1. The molecule has 0 unspecified atom stereocenters. The van der Waals surface area contributed by atoms with Gasteiger partial charge in [-0.25, -0.2) is 4.39 Å². The smallest absolute Gasteiger partial charge is 0.251 e. The molecule has 2 aromatic rings. The standard InChI is InChI=1S/C20H23FN2O2S/c1-15-5-2-3-6-18(15)20(25)23-13-11-19(24)22-12-4-14-26-17-9-7-16(21)8-10-17/h2-3,5-10H,4,11-14H2,1H3,(H,22,24)(H,23,25). The Morgan fingerprint density at radius 2 is 1.73 bits per heavy atom. The molecule has 0 saturated heterocycles. The first-order valence-corrected chi connectivity index (χ1v) is 9.54. The van der Waals surface area contributed by atoms with Crippen LogP contribution in [-0.4, -0.2) is 30.7 Å². The highest BCUT2D eigenvalue weighted by atomic mass is 32.2. The van der Waals surface area contributed by atoms with Gasteiger partial charge in [-0.15, -0.1) is 11.8 Å². The summed E-state index contributed by atoms with van der Waals surface area (Å²) in [7, 11) is 0. The molecule has 0 aliphatic rings. The van der Waals surface area contributed by atoms with Crippen molar-refractivity contribution in [1.29, 1.82) is 0 Å². The Balaban J connectivity index is 1.55. The lowest BCUT2D eigenvalue weighted by atomic mass is 10.1. The van der Waals surface area contributed by atoms with E-state index in [1.54, 1.807) is 30.0 Å². The average Bonchev–Trinajstić information content (AvgIpc) is 2.63. The van der Waals surface area contributed by atoms with Crippen molar-refractivity contribution in [2.24, 2.45) is 0 Å². The normalized spacial score (nSPS) is 10.4. The van der Waals surface area contributed by atoms with Gasteiger partial charge in [0, 0.05) is 30.0 Å². The van der Waals surface area contributed by atoms with Crippen LogP contribution < -0.4 is 10.6 Å². The van der Waals surface area contributed by atoms with Gasteiger partial charge in [0.2, 0.25) is 5.91 Å². The minimum absolute atomic E-state index is 0.0816. The van der Waals surface area contributed by atoms with Crippen molar-refractivity contribution in [3.05, 3.63) is 65.5 Å². The van der Waals surface area contributed by atoms with Crippen molar-refractivity contribution in [3.8, 4) is 0 Å². The highest BCUT2D eigenvalue weighted by Gasteiger charge is 2.08. The Labute approximate surface area is 157 Å². The lowest BCUT2D eigenvalue weighted by molar-refractivity contribution is -0.120. The summed E-state index contributed by atoms with van der Waals surface area (Å²) in [6.45, 7) is 2.77. The first-order valence-electron chi connectivity index (χ1n) is 8.55. The van der Waals surface area contributed by atoms with Crippen LogP contribution in [0.1, 0.15) is 28.8 Å². The van der Waals surface area contributed by atoms with E-state index in [0.29, 0.717) is 18.7 Å². The zero-order valence-corrected chi connectivity index (χ0v) is 15.6. The highest BCUT2D eigenvalue weighted by Crippen LogP contribution is 2.18. The molecule has 26 heavy (non-hydrogen) atoms. The molecule has 6 heteroatoms. The van der Waals surface area contributed by atoms with Crippen molar-refractivity contribution >= 4 is 23.6 Å². The van der Waals surface area contributed by atoms with E-state index in [4.69, 9.17) is 0 Å². The molecule has 2 N–H and O–H groups in total. The SMILES string of the molecule is Cc1ccccc1C(=O)NCCC(=O)NCCCSc1ccc(F)cc1. The second kappa shape index (κ2) is 10.6. The summed E-state index contributed by atoms with van der Waals surface area (Å²) in [6, 6.07) is 13.7. The monoisotopic (exact) mass is 374 g/mol. The maximum Gasteiger partial charge on any atom is 0.251 e. The number of carbonyl (C=O) groups is 2. The van der Waals surface area contributed by atoms with Gasteiger partial charge in [0.15, 0.2) is 0 Å². The van der Waals surface area contributed by atoms with Gasteiger partial charge >= 0.3 is 0 Å². The van der Waals surface area contributed by atoms with Gasteiger partial charge in [-0.2, -0.15) is 0 Å². The Kier molecular flexibility index (Phi) is 8.15. The Bertz CT molecular complexity index is 735. The molecule has 0 saturated carbocycles. The van der Waals surface area contributed by atoms with Crippen LogP contribution in [0.3, 0.4) is 0 Å². The lowest BCUT2D eigenvalue weighted by Gasteiger charge is -2.08. The van der Waals surface area contributed by atoms with Gasteiger partial charge in [-0.3, -0.25) is 9.59 Å². The molecular formula is C20H23FN2O2S. The van der Waals surface area contributed by atoms with E-state index in [-0.39, 0.29) is 24.1 Å². The summed E-state index contributed by atoms with van der Waals surface area (Å²) in [4.78, 5) is 24.8. The van der Waals surface area contributed by atoms with E-state index in [1.165, 1.54) is 12.1 Å². The topological polar surface area (TPSA) is 58.2 Å². The van der Waals surface area contributed by atoms with Crippen LogP contribution in [0.4, 0.5) is 4.39 Å². The molecule has 2 rings (SSSR count). The van der Waals surface area contributed by atoms with Crippen molar-refractivity contribution in [3.63, 3.8) is 0 Å². The zero-order chi connectivity index (χ0) is 18.8. The predicted octanol–water partition coefficient (Wildman–Crippen LogP) is 3.55. The molecule has 2 amide bonds. The van der Waals surface area contributed by atoms with Crippen LogP contribution in [0.2, 0.25) is 0 Å². The second-order valence-electron chi connectivity index (χ2n) is 5.83. The van der Waals surface area contributed by atoms with Crippen LogP contribution in [-0.2, 0) is 4.79 Å². The quantitative estimate of drug-likeness (QED) is 0.521. The summed E-state index contributed by atoms with van der Waals surface area (Å²) in [5, 5.41) is 5.60. The molecule has 0 heterocycles. The van der Waals surface area contributed by atoms with E-state index in [0.717, 1.165) is 22.6 Å². The van der Waals surface area contributed by atoms with Gasteiger partial charge in [0.1, 0.15) is 5.82 Å². The van der Waals surface area contributed by atoms with Gasteiger partial charge in [-0.05, 0) is 55.0 Å². The molecule has 0 aromatic heterocycles. The number of nitrogens with one attached hydrogen (secondary N) is 2. The lowest BCUT2D eigenvalue weighted by Crippen LogP contribution is -2.31.